The van der Waals surface area contributed by atoms with Gasteiger partial charge in [-0.05, 0) is 49.2 Å². The van der Waals surface area contributed by atoms with Gasteiger partial charge in [-0.15, -0.1) is 0 Å². The molecular formula is C22H17F3N2O3. The van der Waals surface area contributed by atoms with Crippen molar-refractivity contribution in [2.45, 2.75) is 19.0 Å². The topological polar surface area (TPSA) is 66.5 Å². The molecule has 1 aliphatic carbocycles. The third-order valence-electron chi connectivity index (χ3n) is 5.38. The Bertz CT molecular complexity index is 1020. The lowest BCUT2D eigenvalue weighted by Crippen LogP contribution is -2.30. The molecule has 154 valence electrons. The summed E-state index contributed by atoms with van der Waals surface area (Å²) < 4.78 is 39.3. The van der Waals surface area contributed by atoms with Gasteiger partial charge in [-0.1, -0.05) is 24.3 Å². The van der Waals surface area contributed by atoms with Crippen LogP contribution in [0.5, 0.6) is 0 Å². The monoisotopic (exact) mass is 414 g/mol. The Morgan fingerprint density at radius 3 is 2.03 bits per heavy atom. The number of allylic oxidation sites excluding steroid dienone is 2. The summed E-state index contributed by atoms with van der Waals surface area (Å²) in [4.78, 5) is 38.8. The molecule has 0 aromatic heterocycles. The maximum atomic E-state index is 13.1. The lowest BCUT2D eigenvalue weighted by molar-refractivity contribution is -0.137. The van der Waals surface area contributed by atoms with Crippen molar-refractivity contribution in [1.29, 1.82) is 0 Å². The second-order valence-corrected chi connectivity index (χ2v) is 7.21. The molecule has 30 heavy (non-hydrogen) atoms. The maximum Gasteiger partial charge on any atom is 0.418 e. The van der Waals surface area contributed by atoms with E-state index in [4.69, 9.17) is 0 Å². The molecule has 3 amide bonds. The number of imide groups is 1. The summed E-state index contributed by atoms with van der Waals surface area (Å²) >= 11 is 0. The number of rotatable bonds is 3. The minimum absolute atomic E-state index is 0.105. The van der Waals surface area contributed by atoms with Crippen LogP contribution in [0.4, 0.5) is 24.5 Å². The number of hydrogen-bond acceptors (Lipinski definition) is 3. The van der Waals surface area contributed by atoms with Crippen molar-refractivity contribution >= 4 is 29.1 Å². The number of para-hydroxylation sites is 1. The summed E-state index contributed by atoms with van der Waals surface area (Å²) in [6.45, 7) is 0. The fraction of sp³-hybridized carbons (Fsp3) is 0.227. The van der Waals surface area contributed by atoms with Gasteiger partial charge in [0.15, 0.2) is 0 Å². The average molecular weight is 414 g/mol. The van der Waals surface area contributed by atoms with Crippen LogP contribution in [0.25, 0.3) is 0 Å². The summed E-state index contributed by atoms with van der Waals surface area (Å²) in [6.07, 6.45) is 0.218. The van der Waals surface area contributed by atoms with E-state index in [2.05, 4.69) is 5.32 Å². The molecule has 1 saturated heterocycles. The van der Waals surface area contributed by atoms with E-state index in [-0.39, 0.29) is 34.9 Å². The van der Waals surface area contributed by atoms with Crippen LogP contribution in [0.15, 0.2) is 60.7 Å². The zero-order valence-electron chi connectivity index (χ0n) is 15.6. The first-order valence-corrected chi connectivity index (χ1v) is 9.38. The number of nitrogens with one attached hydrogen (secondary N) is 1. The molecule has 8 heteroatoms. The van der Waals surface area contributed by atoms with Gasteiger partial charge in [0.05, 0.1) is 28.8 Å². The van der Waals surface area contributed by atoms with Gasteiger partial charge in [-0.3, -0.25) is 19.3 Å². The Morgan fingerprint density at radius 1 is 0.900 bits per heavy atom. The zero-order valence-corrected chi connectivity index (χ0v) is 15.6. The van der Waals surface area contributed by atoms with E-state index in [1.807, 2.05) is 12.2 Å². The maximum absolute atomic E-state index is 13.1. The standard InChI is InChI=1S/C22H17F3N2O3/c23-22(24,25)17-7-3-4-8-18(17)26-19(28)13-9-11-14(12-10-13)27-20(29)15-5-1-2-6-16(15)21(27)30/h1-4,7-12,15-16H,5-6H2,(H,26,28)/t15-,16-/m1/s1. The average Bonchev–Trinajstić information content (AvgIpc) is 2.98. The number of hydrogen-bond donors (Lipinski definition) is 1. The lowest BCUT2D eigenvalue weighted by atomic mass is 9.85. The molecule has 2 aliphatic rings. The third kappa shape index (κ3) is 3.49. The van der Waals surface area contributed by atoms with Crippen molar-refractivity contribution < 1.29 is 27.6 Å². The molecule has 1 aliphatic heterocycles. The molecule has 1 heterocycles. The van der Waals surface area contributed by atoms with E-state index in [0.717, 1.165) is 11.0 Å². The third-order valence-corrected chi connectivity index (χ3v) is 5.38. The van der Waals surface area contributed by atoms with Crippen molar-refractivity contribution in [2.75, 3.05) is 10.2 Å². The molecule has 5 nitrogen and oxygen atoms in total. The van der Waals surface area contributed by atoms with Crippen LogP contribution in [0, 0.1) is 11.8 Å². The highest BCUT2D eigenvalue weighted by molar-refractivity contribution is 6.22. The molecule has 0 radical (unpaired) electrons. The van der Waals surface area contributed by atoms with Crippen LogP contribution in [-0.2, 0) is 15.8 Å². The van der Waals surface area contributed by atoms with Gasteiger partial charge >= 0.3 is 6.18 Å². The minimum Gasteiger partial charge on any atom is -0.321 e. The van der Waals surface area contributed by atoms with Crippen molar-refractivity contribution in [2.24, 2.45) is 11.8 Å². The van der Waals surface area contributed by atoms with E-state index in [1.165, 1.54) is 42.5 Å². The lowest BCUT2D eigenvalue weighted by Gasteiger charge is -2.16. The number of alkyl halides is 3. The highest BCUT2D eigenvalue weighted by atomic mass is 19.4. The first-order chi connectivity index (χ1) is 14.3. The Kier molecular flexibility index (Phi) is 4.93. The number of fused-ring (bicyclic) bond motifs is 1. The van der Waals surface area contributed by atoms with Crippen molar-refractivity contribution in [3.63, 3.8) is 0 Å². The predicted molar refractivity (Wildman–Crippen MR) is 104 cm³/mol. The van der Waals surface area contributed by atoms with E-state index in [1.54, 1.807) is 0 Å². The zero-order chi connectivity index (χ0) is 21.5. The predicted octanol–water partition coefficient (Wildman–Crippen LogP) is 4.41. The number of nitrogens with zero attached hydrogens (tertiary/aromatic N) is 1. The molecule has 2 aromatic rings. The van der Waals surface area contributed by atoms with Gasteiger partial charge in [0.25, 0.3) is 5.91 Å². The van der Waals surface area contributed by atoms with Crippen molar-refractivity contribution in [1.82, 2.24) is 0 Å². The second-order valence-electron chi connectivity index (χ2n) is 7.21. The molecule has 0 saturated carbocycles. The molecule has 1 N–H and O–H groups in total. The van der Waals surface area contributed by atoms with Gasteiger partial charge in [-0.2, -0.15) is 13.2 Å². The van der Waals surface area contributed by atoms with Crippen LogP contribution in [-0.4, -0.2) is 17.7 Å². The summed E-state index contributed by atoms with van der Waals surface area (Å²) in [7, 11) is 0. The van der Waals surface area contributed by atoms with E-state index in [9.17, 15) is 27.6 Å². The molecule has 0 bridgehead atoms. The summed E-state index contributed by atoms with van der Waals surface area (Å²) in [5.41, 5.74) is -0.847. The van der Waals surface area contributed by atoms with Crippen LogP contribution in [0.2, 0.25) is 0 Å². The first-order valence-electron chi connectivity index (χ1n) is 9.38. The number of carbonyl (C=O) groups excluding carboxylic acids is 3. The van der Waals surface area contributed by atoms with Crippen LogP contribution >= 0.6 is 0 Å². The highest BCUT2D eigenvalue weighted by Gasteiger charge is 2.47. The molecule has 4 rings (SSSR count). The molecular weight excluding hydrogens is 397 g/mol. The van der Waals surface area contributed by atoms with Gasteiger partial charge in [0, 0.05) is 5.56 Å². The van der Waals surface area contributed by atoms with Gasteiger partial charge in [-0.25, -0.2) is 0 Å². The SMILES string of the molecule is O=C(Nc1ccccc1C(F)(F)F)c1ccc(N2C(=O)[C@@H]3CC=CC[C@H]3C2=O)cc1. The van der Waals surface area contributed by atoms with Crippen LogP contribution in [0.3, 0.4) is 0 Å². The van der Waals surface area contributed by atoms with Gasteiger partial charge < -0.3 is 5.32 Å². The normalized spacial score (nSPS) is 21.0. The number of anilines is 2. The number of benzene rings is 2. The van der Waals surface area contributed by atoms with Crippen LogP contribution < -0.4 is 10.2 Å². The Hall–Kier alpha value is -3.42. The molecule has 0 spiro atoms. The largest absolute Gasteiger partial charge is 0.418 e. The fourth-order valence-electron chi connectivity index (χ4n) is 3.85. The number of carbonyl (C=O) groups is 3. The Labute approximate surface area is 170 Å². The highest BCUT2D eigenvalue weighted by Crippen LogP contribution is 2.38. The summed E-state index contributed by atoms with van der Waals surface area (Å²) in [6, 6.07) is 10.3. The molecule has 1 fully saturated rings. The molecule has 0 unspecified atom stereocenters. The minimum atomic E-state index is -4.60. The smallest absolute Gasteiger partial charge is 0.321 e. The second kappa shape index (κ2) is 7.44. The first kappa shape index (κ1) is 19.9. The van der Waals surface area contributed by atoms with E-state index in [0.29, 0.717) is 18.5 Å². The quantitative estimate of drug-likeness (QED) is 0.598. The van der Waals surface area contributed by atoms with Crippen molar-refractivity contribution in [3.8, 4) is 0 Å². The van der Waals surface area contributed by atoms with E-state index < -0.39 is 17.6 Å². The summed E-state index contributed by atoms with van der Waals surface area (Å²) in [5.74, 6) is -2.01. The van der Waals surface area contributed by atoms with Crippen LogP contribution in [0.1, 0.15) is 28.8 Å². The van der Waals surface area contributed by atoms with Crippen molar-refractivity contribution in [3.05, 3.63) is 71.8 Å². The summed E-state index contributed by atoms with van der Waals surface area (Å²) in [5, 5.41) is 2.27. The van der Waals surface area contributed by atoms with Gasteiger partial charge in [0.2, 0.25) is 11.8 Å². The Balaban J connectivity index is 1.53. The number of amides is 3. The fourth-order valence-corrected chi connectivity index (χ4v) is 3.85. The Morgan fingerprint density at radius 2 is 1.47 bits per heavy atom. The number of halogens is 3. The molecule has 2 aromatic carbocycles. The molecule has 2 atom stereocenters. The van der Waals surface area contributed by atoms with E-state index >= 15 is 0 Å². The van der Waals surface area contributed by atoms with Gasteiger partial charge in [0.1, 0.15) is 0 Å².